The zero-order valence-electron chi connectivity index (χ0n) is 7.37. The molecule has 0 bridgehead atoms. The van der Waals surface area contributed by atoms with Crippen molar-refractivity contribution in [1.29, 1.82) is 5.26 Å². The molecule has 64 valence electrons. The van der Waals surface area contributed by atoms with Crippen LogP contribution in [0.4, 0.5) is 0 Å². The molecule has 13 heavy (non-hydrogen) atoms. The summed E-state index contributed by atoms with van der Waals surface area (Å²) in [4.78, 5) is 0. The number of rotatable bonds is 1. The Labute approximate surface area is 76.4 Å². The minimum absolute atomic E-state index is 0.442. The Balaban J connectivity index is 2.74. The largest absolute Gasteiger partial charge is 0.464 e. The lowest BCUT2D eigenvalue weighted by atomic mass is 10.1. The van der Waals surface area contributed by atoms with Crippen LogP contribution in [-0.4, -0.2) is 0 Å². The Bertz CT molecular complexity index is 476. The molecule has 1 aromatic carbocycles. The minimum Gasteiger partial charge on any atom is -0.464 e. The van der Waals surface area contributed by atoms with E-state index in [2.05, 4.69) is 6.07 Å². The molecule has 2 aromatic rings. The maximum Gasteiger partial charge on any atom is 0.134 e. The Morgan fingerprint density at radius 2 is 2.31 bits per heavy atom. The topological polar surface area (TPSA) is 36.9 Å². The molecule has 1 heterocycles. The van der Waals surface area contributed by atoms with E-state index in [0.29, 0.717) is 6.42 Å². The molecule has 0 amide bonds. The summed E-state index contributed by atoms with van der Waals surface area (Å²) in [7, 11) is 0. The van der Waals surface area contributed by atoms with Crippen molar-refractivity contribution in [3.05, 3.63) is 35.6 Å². The van der Waals surface area contributed by atoms with Gasteiger partial charge in [0.05, 0.1) is 18.8 Å². The molecule has 2 nitrogen and oxygen atoms in total. The number of fused-ring (bicyclic) bond motifs is 1. The van der Waals surface area contributed by atoms with E-state index in [1.807, 2.05) is 25.1 Å². The second-order valence-corrected chi connectivity index (χ2v) is 3.04. The number of aryl methyl sites for hydroxylation is 1. The second kappa shape index (κ2) is 2.95. The van der Waals surface area contributed by atoms with E-state index in [1.165, 1.54) is 0 Å². The van der Waals surface area contributed by atoms with Gasteiger partial charge in [0, 0.05) is 5.39 Å². The molecule has 0 aliphatic carbocycles. The third-order valence-electron chi connectivity index (χ3n) is 2.14. The van der Waals surface area contributed by atoms with Gasteiger partial charge < -0.3 is 4.42 Å². The summed E-state index contributed by atoms with van der Waals surface area (Å²) in [5, 5.41) is 9.71. The van der Waals surface area contributed by atoms with Crippen molar-refractivity contribution in [3.63, 3.8) is 0 Å². The average Bonchev–Trinajstić information content (AvgIpc) is 2.50. The van der Waals surface area contributed by atoms with E-state index < -0.39 is 0 Å². The quantitative estimate of drug-likeness (QED) is 0.661. The van der Waals surface area contributed by atoms with Crippen LogP contribution in [0.25, 0.3) is 11.0 Å². The Morgan fingerprint density at radius 1 is 1.46 bits per heavy atom. The molecule has 0 unspecified atom stereocenters. The Morgan fingerprint density at radius 3 is 3.08 bits per heavy atom. The molecule has 1 aromatic heterocycles. The van der Waals surface area contributed by atoms with E-state index in [9.17, 15) is 0 Å². The molecule has 0 N–H and O–H groups in total. The van der Waals surface area contributed by atoms with Crippen LogP contribution in [-0.2, 0) is 6.42 Å². The smallest absolute Gasteiger partial charge is 0.134 e. The standard InChI is InChI=1S/C11H9NO/c1-8-7-13-10-4-2-3-9(5-6-12)11(8)10/h2-4,7H,5H2,1H3. The number of benzene rings is 1. The summed E-state index contributed by atoms with van der Waals surface area (Å²) < 4.78 is 5.33. The van der Waals surface area contributed by atoms with Crippen molar-refractivity contribution in [2.24, 2.45) is 0 Å². The fraction of sp³-hybridized carbons (Fsp3) is 0.182. The molecule has 0 aliphatic rings. The van der Waals surface area contributed by atoms with Crippen molar-refractivity contribution >= 4 is 11.0 Å². The van der Waals surface area contributed by atoms with Gasteiger partial charge in [-0.25, -0.2) is 0 Å². The summed E-state index contributed by atoms with van der Waals surface area (Å²) in [6, 6.07) is 7.95. The first-order valence-corrected chi connectivity index (χ1v) is 4.15. The first kappa shape index (κ1) is 7.88. The van der Waals surface area contributed by atoms with Crippen LogP contribution in [0.1, 0.15) is 11.1 Å². The van der Waals surface area contributed by atoms with E-state index in [0.717, 1.165) is 22.1 Å². The van der Waals surface area contributed by atoms with Crippen molar-refractivity contribution in [2.45, 2.75) is 13.3 Å². The summed E-state index contributed by atoms with van der Waals surface area (Å²) in [5.41, 5.74) is 3.01. The normalized spacial score (nSPS) is 10.2. The average molecular weight is 171 g/mol. The lowest BCUT2D eigenvalue weighted by Gasteiger charge is -1.96. The maximum absolute atomic E-state index is 8.63. The molecule has 0 saturated carbocycles. The van der Waals surface area contributed by atoms with Gasteiger partial charge in [0.1, 0.15) is 5.58 Å². The third kappa shape index (κ3) is 1.19. The molecule has 2 heteroatoms. The zero-order valence-corrected chi connectivity index (χ0v) is 7.37. The van der Waals surface area contributed by atoms with Crippen LogP contribution in [0.3, 0.4) is 0 Å². The number of nitrogens with zero attached hydrogens (tertiary/aromatic N) is 1. The number of hydrogen-bond acceptors (Lipinski definition) is 2. The van der Waals surface area contributed by atoms with E-state index >= 15 is 0 Å². The van der Waals surface area contributed by atoms with Gasteiger partial charge in [-0.05, 0) is 24.1 Å². The van der Waals surface area contributed by atoms with Crippen LogP contribution in [0.15, 0.2) is 28.9 Å². The fourth-order valence-corrected chi connectivity index (χ4v) is 1.57. The second-order valence-electron chi connectivity index (χ2n) is 3.04. The highest BCUT2D eigenvalue weighted by Crippen LogP contribution is 2.24. The highest BCUT2D eigenvalue weighted by Gasteiger charge is 2.05. The van der Waals surface area contributed by atoms with E-state index in [1.54, 1.807) is 6.26 Å². The van der Waals surface area contributed by atoms with Crippen molar-refractivity contribution < 1.29 is 4.42 Å². The Hall–Kier alpha value is -1.75. The number of nitriles is 1. The van der Waals surface area contributed by atoms with Crippen LogP contribution < -0.4 is 0 Å². The third-order valence-corrected chi connectivity index (χ3v) is 2.14. The fourth-order valence-electron chi connectivity index (χ4n) is 1.57. The van der Waals surface area contributed by atoms with Gasteiger partial charge in [0.15, 0.2) is 0 Å². The number of hydrogen-bond donors (Lipinski definition) is 0. The molecule has 0 aliphatic heterocycles. The minimum atomic E-state index is 0.442. The first-order chi connectivity index (χ1) is 6.33. The highest BCUT2D eigenvalue weighted by molar-refractivity contribution is 5.84. The van der Waals surface area contributed by atoms with Crippen LogP contribution in [0.2, 0.25) is 0 Å². The monoisotopic (exact) mass is 171 g/mol. The Kier molecular flexibility index (Phi) is 1.79. The predicted molar refractivity (Wildman–Crippen MR) is 50.3 cm³/mol. The molecular formula is C11H9NO. The lowest BCUT2D eigenvalue weighted by Crippen LogP contribution is -1.82. The molecule has 0 radical (unpaired) electrons. The van der Waals surface area contributed by atoms with Gasteiger partial charge >= 0.3 is 0 Å². The molecule has 0 spiro atoms. The van der Waals surface area contributed by atoms with Crippen LogP contribution >= 0.6 is 0 Å². The summed E-state index contributed by atoms with van der Waals surface area (Å²) in [5.74, 6) is 0. The van der Waals surface area contributed by atoms with Gasteiger partial charge in [0.2, 0.25) is 0 Å². The SMILES string of the molecule is Cc1coc2cccc(CC#N)c12. The van der Waals surface area contributed by atoms with Crippen LogP contribution in [0, 0.1) is 18.3 Å². The summed E-state index contributed by atoms with van der Waals surface area (Å²) >= 11 is 0. The molecule has 0 fully saturated rings. The molecular weight excluding hydrogens is 162 g/mol. The zero-order chi connectivity index (χ0) is 9.26. The lowest BCUT2D eigenvalue weighted by molar-refractivity contribution is 0.613. The maximum atomic E-state index is 8.63. The van der Waals surface area contributed by atoms with Gasteiger partial charge in [-0.15, -0.1) is 0 Å². The first-order valence-electron chi connectivity index (χ1n) is 4.15. The molecule has 0 saturated heterocycles. The predicted octanol–water partition coefficient (Wildman–Crippen LogP) is 2.81. The van der Waals surface area contributed by atoms with Gasteiger partial charge in [-0.1, -0.05) is 12.1 Å². The van der Waals surface area contributed by atoms with Gasteiger partial charge in [0.25, 0.3) is 0 Å². The number of furan rings is 1. The highest BCUT2D eigenvalue weighted by atomic mass is 16.3. The van der Waals surface area contributed by atoms with Gasteiger partial charge in [-0.2, -0.15) is 5.26 Å². The van der Waals surface area contributed by atoms with Crippen molar-refractivity contribution in [2.75, 3.05) is 0 Å². The van der Waals surface area contributed by atoms with Crippen LogP contribution in [0.5, 0.6) is 0 Å². The summed E-state index contributed by atoms with van der Waals surface area (Å²) in [6.07, 6.45) is 2.17. The summed E-state index contributed by atoms with van der Waals surface area (Å²) in [6.45, 7) is 1.99. The van der Waals surface area contributed by atoms with Crippen molar-refractivity contribution in [1.82, 2.24) is 0 Å². The molecule has 0 atom stereocenters. The van der Waals surface area contributed by atoms with E-state index in [4.69, 9.17) is 9.68 Å². The molecule has 2 rings (SSSR count). The van der Waals surface area contributed by atoms with Crippen molar-refractivity contribution in [3.8, 4) is 6.07 Å². The van der Waals surface area contributed by atoms with E-state index in [-0.39, 0.29) is 0 Å². The van der Waals surface area contributed by atoms with Gasteiger partial charge in [-0.3, -0.25) is 0 Å².